The Bertz CT molecular complexity index is 1360. The van der Waals surface area contributed by atoms with Crippen molar-refractivity contribution in [3.63, 3.8) is 0 Å². The van der Waals surface area contributed by atoms with Crippen LogP contribution in [0.15, 0.2) is 60.7 Å². The molecule has 0 aliphatic carbocycles. The number of halogens is 5. The number of benzene rings is 3. The van der Waals surface area contributed by atoms with Gasteiger partial charge in [-0.15, -0.1) is 0 Å². The highest BCUT2D eigenvalue weighted by atomic mass is 35.5. The van der Waals surface area contributed by atoms with Crippen molar-refractivity contribution < 1.29 is 18.3 Å². The standard InChI is InChI=1S/C29H29Cl3F2N2O2/c1-16-29(35,20-13-12-18(30)14-23(20)33)24(19-9-7-11-22(32)25(19)34)26(27(37)38-28(2,3)4)36(16)15-17-8-5-6-10-21(17)31/h5-14,16,24,26H,15,35H2,1-4H3. The monoisotopic (exact) mass is 580 g/mol. The van der Waals surface area contributed by atoms with Crippen LogP contribution in [0.25, 0.3) is 0 Å². The van der Waals surface area contributed by atoms with Crippen LogP contribution in [0.5, 0.6) is 0 Å². The predicted molar refractivity (Wildman–Crippen MR) is 148 cm³/mol. The van der Waals surface area contributed by atoms with Crippen LogP contribution in [-0.4, -0.2) is 28.6 Å². The second kappa shape index (κ2) is 10.7. The van der Waals surface area contributed by atoms with Crippen LogP contribution in [0.3, 0.4) is 0 Å². The van der Waals surface area contributed by atoms with Gasteiger partial charge < -0.3 is 10.5 Å². The fourth-order valence-electron chi connectivity index (χ4n) is 5.34. The van der Waals surface area contributed by atoms with Crippen LogP contribution in [0, 0.1) is 11.6 Å². The van der Waals surface area contributed by atoms with Crippen molar-refractivity contribution in [2.45, 2.75) is 63.4 Å². The van der Waals surface area contributed by atoms with Crippen molar-refractivity contribution in [3.8, 4) is 0 Å². The van der Waals surface area contributed by atoms with Crippen LogP contribution in [0.4, 0.5) is 8.78 Å². The Balaban J connectivity index is 2.00. The molecule has 0 aromatic heterocycles. The molecule has 0 spiro atoms. The molecule has 1 fully saturated rings. The molecule has 3 aromatic rings. The third kappa shape index (κ3) is 5.30. The molecule has 3 aromatic carbocycles. The molecular formula is C29H29Cl3F2N2O2. The number of nitrogens with two attached hydrogens (primary N) is 1. The van der Waals surface area contributed by atoms with Crippen LogP contribution in [0.2, 0.25) is 15.1 Å². The van der Waals surface area contributed by atoms with Gasteiger partial charge in [-0.25, -0.2) is 8.78 Å². The summed E-state index contributed by atoms with van der Waals surface area (Å²) in [6.45, 7) is 7.18. The normalized spacial score (nSPS) is 24.0. The fourth-order valence-corrected chi connectivity index (χ4v) is 5.88. The topological polar surface area (TPSA) is 55.6 Å². The van der Waals surface area contributed by atoms with Crippen molar-refractivity contribution >= 4 is 40.8 Å². The number of rotatable bonds is 5. The van der Waals surface area contributed by atoms with E-state index < -0.39 is 46.7 Å². The van der Waals surface area contributed by atoms with Gasteiger partial charge in [-0.3, -0.25) is 9.69 Å². The molecule has 4 unspecified atom stereocenters. The molecule has 0 saturated carbocycles. The lowest BCUT2D eigenvalue weighted by Crippen LogP contribution is -2.50. The summed E-state index contributed by atoms with van der Waals surface area (Å²) in [5.41, 5.74) is 5.62. The smallest absolute Gasteiger partial charge is 0.324 e. The summed E-state index contributed by atoms with van der Waals surface area (Å²) in [5.74, 6) is -3.10. The Kier molecular flexibility index (Phi) is 8.14. The van der Waals surface area contributed by atoms with Crippen LogP contribution < -0.4 is 5.73 Å². The van der Waals surface area contributed by atoms with Crippen molar-refractivity contribution in [2.24, 2.45) is 5.73 Å². The summed E-state index contributed by atoms with van der Waals surface area (Å²) in [6, 6.07) is 14.1. The van der Waals surface area contributed by atoms with E-state index in [9.17, 15) is 4.79 Å². The first-order valence-corrected chi connectivity index (χ1v) is 13.3. The van der Waals surface area contributed by atoms with Crippen molar-refractivity contribution in [2.75, 3.05) is 0 Å². The van der Waals surface area contributed by atoms with Gasteiger partial charge in [-0.1, -0.05) is 71.2 Å². The van der Waals surface area contributed by atoms with E-state index in [1.165, 1.54) is 24.3 Å². The molecule has 1 aliphatic rings. The molecular weight excluding hydrogens is 553 g/mol. The zero-order valence-corrected chi connectivity index (χ0v) is 23.7. The molecule has 9 heteroatoms. The first-order chi connectivity index (χ1) is 17.8. The molecule has 4 atom stereocenters. The van der Waals surface area contributed by atoms with Gasteiger partial charge in [0.25, 0.3) is 0 Å². The van der Waals surface area contributed by atoms with Gasteiger partial charge in [0.15, 0.2) is 0 Å². The second-order valence-electron chi connectivity index (χ2n) is 10.6. The zero-order chi connectivity index (χ0) is 28.0. The van der Waals surface area contributed by atoms with Gasteiger partial charge in [0.1, 0.15) is 23.3 Å². The minimum Gasteiger partial charge on any atom is -0.459 e. The van der Waals surface area contributed by atoms with Gasteiger partial charge in [0.05, 0.1) is 10.6 Å². The zero-order valence-electron chi connectivity index (χ0n) is 21.4. The molecule has 0 bridgehead atoms. The van der Waals surface area contributed by atoms with Crippen LogP contribution in [0.1, 0.15) is 50.3 Å². The average molecular weight is 582 g/mol. The highest BCUT2D eigenvalue weighted by molar-refractivity contribution is 6.31. The summed E-state index contributed by atoms with van der Waals surface area (Å²) >= 11 is 18.7. The maximum atomic E-state index is 15.7. The number of ether oxygens (including phenoxy) is 1. The molecule has 1 aliphatic heterocycles. The molecule has 1 heterocycles. The van der Waals surface area contributed by atoms with Crippen molar-refractivity contribution in [1.82, 2.24) is 4.90 Å². The van der Waals surface area contributed by atoms with Crippen molar-refractivity contribution in [1.29, 1.82) is 0 Å². The van der Waals surface area contributed by atoms with Gasteiger partial charge in [0.2, 0.25) is 0 Å². The van der Waals surface area contributed by atoms with E-state index in [1.807, 2.05) is 12.1 Å². The van der Waals surface area contributed by atoms with Crippen LogP contribution >= 0.6 is 34.8 Å². The summed E-state index contributed by atoms with van der Waals surface area (Å²) in [5, 5.41) is 0.532. The van der Waals surface area contributed by atoms with E-state index in [1.54, 1.807) is 50.8 Å². The van der Waals surface area contributed by atoms with Crippen molar-refractivity contribution in [3.05, 3.63) is 104 Å². The molecule has 1 saturated heterocycles. The predicted octanol–water partition coefficient (Wildman–Crippen LogP) is 7.48. The van der Waals surface area contributed by atoms with E-state index >= 15 is 8.78 Å². The molecule has 4 rings (SSSR count). The average Bonchev–Trinajstić information content (AvgIpc) is 3.03. The maximum Gasteiger partial charge on any atom is 0.324 e. The van der Waals surface area contributed by atoms with E-state index in [0.29, 0.717) is 5.02 Å². The lowest BCUT2D eigenvalue weighted by Gasteiger charge is -2.37. The fraction of sp³-hybridized carbons (Fsp3) is 0.345. The SMILES string of the molecule is CC1N(Cc2ccccc2Cl)C(C(=O)OC(C)(C)C)C(c2cccc(Cl)c2F)C1(N)c1ccc(Cl)cc1F. The molecule has 0 radical (unpaired) electrons. The quantitative estimate of drug-likeness (QED) is 0.318. The van der Waals surface area contributed by atoms with Gasteiger partial charge in [-0.2, -0.15) is 0 Å². The van der Waals surface area contributed by atoms with E-state index in [-0.39, 0.29) is 27.7 Å². The van der Waals surface area contributed by atoms with Crippen LogP contribution in [-0.2, 0) is 21.6 Å². The number of hydrogen-bond donors (Lipinski definition) is 1. The third-order valence-corrected chi connectivity index (χ3v) is 7.95. The number of nitrogens with zero attached hydrogens (tertiary/aromatic N) is 1. The second-order valence-corrected chi connectivity index (χ2v) is 11.8. The lowest BCUT2D eigenvalue weighted by molar-refractivity contribution is -0.161. The molecule has 202 valence electrons. The van der Waals surface area contributed by atoms with Gasteiger partial charge in [-0.05, 0) is 63.1 Å². The highest BCUT2D eigenvalue weighted by Gasteiger charge is 2.61. The van der Waals surface area contributed by atoms with E-state index in [4.69, 9.17) is 45.3 Å². The number of hydrogen-bond acceptors (Lipinski definition) is 4. The summed E-state index contributed by atoms with van der Waals surface area (Å²) in [6.07, 6.45) is 0. The largest absolute Gasteiger partial charge is 0.459 e. The lowest BCUT2D eigenvalue weighted by atomic mass is 9.71. The maximum absolute atomic E-state index is 15.7. The van der Waals surface area contributed by atoms with E-state index in [0.717, 1.165) is 11.6 Å². The summed E-state index contributed by atoms with van der Waals surface area (Å²) in [4.78, 5) is 15.7. The first-order valence-electron chi connectivity index (χ1n) is 12.2. The number of likely N-dealkylation sites (tertiary alicyclic amines) is 1. The Hall–Kier alpha value is -2.22. The van der Waals surface area contributed by atoms with Gasteiger partial charge in [0, 0.05) is 34.1 Å². The third-order valence-electron chi connectivity index (χ3n) is 7.05. The first kappa shape index (κ1) is 28.8. The molecule has 0 amide bonds. The highest BCUT2D eigenvalue weighted by Crippen LogP contribution is 2.52. The Morgan fingerprint density at radius 3 is 2.32 bits per heavy atom. The molecule has 2 N–H and O–H groups in total. The number of carbonyl (C=O) groups is 1. The Morgan fingerprint density at radius 2 is 1.68 bits per heavy atom. The minimum atomic E-state index is -1.59. The number of carbonyl (C=O) groups excluding carboxylic acids is 1. The Labute approximate surface area is 236 Å². The summed E-state index contributed by atoms with van der Waals surface area (Å²) < 4.78 is 37.1. The van der Waals surface area contributed by atoms with E-state index in [2.05, 4.69) is 0 Å². The van der Waals surface area contributed by atoms with Gasteiger partial charge >= 0.3 is 5.97 Å². The molecule has 38 heavy (non-hydrogen) atoms. The Morgan fingerprint density at radius 1 is 1.03 bits per heavy atom. The molecule has 4 nitrogen and oxygen atoms in total. The number of esters is 1. The minimum absolute atomic E-state index is 0.0821. The summed E-state index contributed by atoms with van der Waals surface area (Å²) in [7, 11) is 0.